The summed E-state index contributed by atoms with van der Waals surface area (Å²) >= 11 is 0. The van der Waals surface area contributed by atoms with E-state index in [-0.39, 0.29) is 12.1 Å². The Morgan fingerprint density at radius 3 is 2.65 bits per heavy atom. The van der Waals surface area contributed by atoms with Crippen molar-refractivity contribution in [1.82, 2.24) is 5.32 Å². The highest BCUT2D eigenvalue weighted by atomic mass is 16.5. The zero-order valence-electron chi connectivity index (χ0n) is 12.6. The Balaban J connectivity index is 1.89. The van der Waals surface area contributed by atoms with Crippen molar-refractivity contribution in [2.45, 2.75) is 39.3 Å². The predicted molar refractivity (Wildman–Crippen MR) is 79.6 cm³/mol. The highest BCUT2D eigenvalue weighted by Crippen LogP contribution is 2.32. The molecule has 0 radical (unpaired) electrons. The van der Waals surface area contributed by atoms with Crippen LogP contribution >= 0.6 is 0 Å². The fourth-order valence-electron chi connectivity index (χ4n) is 2.14. The molecule has 0 spiro atoms. The van der Waals surface area contributed by atoms with E-state index < -0.39 is 0 Å². The van der Waals surface area contributed by atoms with Crippen LogP contribution in [0, 0.1) is 0 Å². The van der Waals surface area contributed by atoms with Crippen LogP contribution in [0.15, 0.2) is 18.2 Å². The lowest BCUT2D eigenvalue weighted by molar-refractivity contribution is 0.0796. The van der Waals surface area contributed by atoms with Crippen LogP contribution in [0.3, 0.4) is 0 Å². The minimum absolute atomic E-state index is 0.267. The minimum atomic E-state index is 0.267. The molecule has 1 aliphatic heterocycles. The van der Waals surface area contributed by atoms with E-state index >= 15 is 0 Å². The van der Waals surface area contributed by atoms with Crippen molar-refractivity contribution in [1.29, 1.82) is 0 Å². The van der Waals surface area contributed by atoms with E-state index in [2.05, 4.69) is 24.4 Å². The van der Waals surface area contributed by atoms with Crippen LogP contribution in [0.25, 0.3) is 0 Å². The molecule has 0 saturated carbocycles. The van der Waals surface area contributed by atoms with Gasteiger partial charge in [-0.3, -0.25) is 0 Å². The van der Waals surface area contributed by atoms with Crippen LogP contribution in [0.4, 0.5) is 0 Å². The van der Waals surface area contributed by atoms with Crippen LogP contribution in [0.5, 0.6) is 11.5 Å². The van der Waals surface area contributed by atoms with Gasteiger partial charge in [0.15, 0.2) is 11.5 Å². The van der Waals surface area contributed by atoms with Gasteiger partial charge < -0.3 is 19.5 Å². The van der Waals surface area contributed by atoms with E-state index in [1.54, 1.807) is 0 Å². The molecule has 1 aliphatic rings. The van der Waals surface area contributed by atoms with E-state index in [0.29, 0.717) is 0 Å². The van der Waals surface area contributed by atoms with Crippen LogP contribution in [0.2, 0.25) is 0 Å². The SMILES string of the molecule is CC(C)OCCNC(C)c1ccc2c(c1)OCCCO2. The summed E-state index contributed by atoms with van der Waals surface area (Å²) in [5.41, 5.74) is 1.21. The molecule has 112 valence electrons. The molecule has 2 rings (SSSR count). The second-order valence-corrected chi connectivity index (χ2v) is 5.35. The zero-order valence-corrected chi connectivity index (χ0v) is 12.6. The minimum Gasteiger partial charge on any atom is -0.490 e. The van der Waals surface area contributed by atoms with Gasteiger partial charge in [-0.15, -0.1) is 0 Å². The number of hydrogen-bond acceptors (Lipinski definition) is 4. The van der Waals surface area contributed by atoms with Crippen molar-refractivity contribution in [3.8, 4) is 11.5 Å². The maximum absolute atomic E-state index is 5.72. The third-order valence-corrected chi connectivity index (χ3v) is 3.28. The summed E-state index contributed by atoms with van der Waals surface area (Å²) in [4.78, 5) is 0. The molecule has 1 aromatic rings. The van der Waals surface area contributed by atoms with Crippen molar-refractivity contribution < 1.29 is 14.2 Å². The van der Waals surface area contributed by atoms with Crippen LogP contribution in [-0.2, 0) is 4.74 Å². The summed E-state index contributed by atoms with van der Waals surface area (Å²) in [7, 11) is 0. The van der Waals surface area contributed by atoms with Crippen molar-refractivity contribution in [3.05, 3.63) is 23.8 Å². The summed E-state index contributed by atoms with van der Waals surface area (Å²) in [6.07, 6.45) is 1.22. The Labute approximate surface area is 121 Å². The summed E-state index contributed by atoms with van der Waals surface area (Å²) in [5, 5.41) is 3.46. The van der Waals surface area contributed by atoms with Gasteiger partial charge in [0.1, 0.15) is 0 Å². The van der Waals surface area contributed by atoms with Gasteiger partial charge in [0, 0.05) is 19.0 Å². The van der Waals surface area contributed by atoms with Crippen molar-refractivity contribution in [2.24, 2.45) is 0 Å². The quantitative estimate of drug-likeness (QED) is 0.813. The number of nitrogens with one attached hydrogen (secondary N) is 1. The van der Waals surface area contributed by atoms with E-state index in [1.165, 1.54) is 5.56 Å². The summed E-state index contributed by atoms with van der Waals surface area (Å²) < 4.78 is 16.9. The molecule has 1 aromatic carbocycles. The van der Waals surface area contributed by atoms with Crippen molar-refractivity contribution in [2.75, 3.05) is 26.4 Å². The molecular formula is C16H25NO3. The van der Waals surface area contributed by atoms with Gasteiger partial charge in [-0.1, -0.05) is 6.07 Å². The molecule has 0 aromatic heterocycles. The number of rotatable bonds is 6. The van der Waals surface area contributed by atoms with Crippen molar-refractivity contribution >= 4 is 0 Å². The smallest absolute Gasteiger partial charge is 0.161 e. The zero-order chi connectivity index (χ0) is 14.4. The lowest BCUT2D eigenvalue weighted by Gasteiger charge is -2.17. The monoisotopic (exact) mass is 279 g/mol. The summed E-state index contributed by atoms with van der Waals surface area (Å²) in [5.74, 6) is 1.70. The lowest BCUT2D eigenvalue weighted by Crippen LogP contribution is -2.24. The molecule has 0 fully saturated rings. The number of ether oxygens (including phenoxy) is 3. The largest absolute Gasteiger partial charge is 0.490 e. The first-order valence-corrected chi connectivity index (χ1v) is 7.41. The van der Waals surface area contributed by atoms with Crippen LogP contribution in [0.1, 0.15) is 38.8 Å². The molecule has 1 heterocycles. The summed E-state index contributed by atoms with van der Waals surface area (Å²) in [6.45, 7) is 9.27. The third kappa shape index (κ3) is 4.39. The molecule has 20 heavy (non-hydrogen) atoms. The van der Waals surface area contributed by atoms with Gasteiger partial charge in [-0.25, -0.2) is 0 Å². The van der Waals surface area contributed by atoms with Gasteiger partial charge in [0.25, 0.3) is 0 Å². The number of fused-ring (bicyclic) bond motifs is 1. The number of hydrogen-bond donors (Lipinski definition) is 1. The topological polar surface area (TPSA) is 39.7 Å². The molecule has 0 bridgehead atoms. The van der Waals surface area contributed by atoms with Crippen LogP contribution in [-0.4, -0.2) is 32.5 Å². The van der Waals surface area contributed by atoms with E-state index in [4.69, 9.17) is 14.2 Å². The van der Waals surface area contributed by atoms with Gasteiger partial charge in [-0.05, 0) is 38.5 Å². The third-order valence-electron chi connectivity index (χ3n) is 3.28. The molecule has 1 unspecified atom stereocenters. The molecule has 1 N–H and O–H groups in total. The van der Waals surface area contributed by atoms with Gasteiger partial charge in [0.2, 0.25) is 0 Å². The Hall–Kier alpha value is -1.26. The fraction of sp³-hybridized carbons (Fsp3) is 0.625. The molecule has 1 atom stereocenters. The van der Waals surface area contributed by atoms with E-state index in [0.717, 1.165) is 44.3 Å². The molecule has 0 aliphatic carbocycles. The molecule has 4 nitrogen and oxygen atoms in total. The molecule has 0 saturated heterocycles. The predicted octanol–water partition coefficient (Wildman–Crippen LogP) is 2.92. The van der Waals surface area contributed by atoms with Gasteiger partial charge in [0.05, 0.1) is 25.9 Å². The maximum atomic E-state index is 5.72. The number of benzene rings is 1. The first-order chi connectivity index (χ1) is 9.66. The molecule has 4 heteroatoms. The fourth-order valence-corrected chi connectivity index (χ4v) is 2.14. The average Bonchev–Trinajstić information content (AvgIpc) is 2.67. The standard InChI is InChI=1S/C16H25NO3/c1-12(2)18-10-7-17-13(3)14-5-6-15-16(11-14)20-9-4-8-19-15/h5-6,11-13,17H,4,7-10H2,1-3H3. The van der Waals surface area contributed by atoms with Crippen LogP contribution < -0.4 is 14.8 Å². The first kappa shape index (κ1) is 15.1. The molecule has 0 amide bonds. The highest BCUT2D eigenvalue weighted by Gasteiger charge is 2.13. The van der Waals surface area contributed by atoms with E-state index in [9.17, 15) is 0 Å². The Kier molecular flexibility index (Phi) is 5.68. The van der Waals surface area contributed by atoms with Crippen molar-refractivity contribution in [3.63, 3.8) is 0 Å². The Bertz CT molecular complexity index is 420. The average molecular weight is 279 g/mol. The summed E-state index contributed by atoms with van der Waals surface area (Å²) in [6, 6.07) is 6.43. The van der Waals surface area contributed by atoms with Gasteiger partial charge >= 0.3 is 0 Å². The maximum Gasteiger partial charge on any atom is 0.161 e. The Morgan fingerprint density at radius 2 is 1.90 bits per heavy atom. The van der Waals surface area contributed by atoms with Gasteiger partial charge in [-0.2, -0.15) is 0 Å². The molecular weight excluding hydrogens is 254 g/mol. The Morgan fingerprint density at radius 1 is 1.15 bits per heavy atom. The normalized spacial score (nSPS) is 16.0. The second kappa shape index (κ2) is 7.50. The second-order valence-electron chi connectivity index (χ2n) is 5.35. The highest BCUT2D eigenvalue weighted by molar-refractivity contribution is 5.44. The van der Waals surface area contributed by atoms with E-state index in [1.807, 2.05) is 19.9 Å². The first-order valence-electron chi connectivity index (χ1n) is 7.41. The lowest BCUT2D eigenvalue weighted by atomic mass is 10.1.